The molecule has 0 aromatic carbocycles. The Morgan fingerprint density at radius 2 is 2.46 bits per heavy atom. The Balaban J connectivity index is 0.000000223. The molecule has 1 aliphatic heterocycles. The van der Waals surface area contributed by atoms with E-state index < -0.39 is 0 Å². The molecule has 0 radical (unpaired) electrons. The van der Waals surface area contributed by atoms with Gasteiger partial charge in [0.05, 0.1) is 12.7 Å². The summed E-state index contributed by atoms with van der Waals surface area (Å²) >= 11 is 0. The van der Waals surface area contributed by atoms with Gasteiger partial charge in [-0.3, -0.25) is 4.79 Å². The molecule has 1 fully saturated rings. The highest BCUT2D eigenvalue weighted by atomic mass is 16.5. The molecule has 0 aromatic rings. The van der Waals surface area contributed by atoms with Crippen LogP contribution in [0.4, 0.5) is 0 Å². The fourth-order valence-electron chi connectivity index (χ4n) is 0.744. The predicted octanol–water partition coefficient (Wildman–Crippen LogP) is 0.692. The average Bonchev–Trinajstić information content (AvgIpc) is 2.57. The molecule has 13 heavy (non-hydrogen) atoms. The van der Waals surface area contributed by atoms with Gasteiger partial charge < -0.3 is 15.2 Å². The van der Waals surface area contributed by atoms with Gasteiger partial charge in [-0.05, 0) is 19.8 Å². The van der Waals surface area contributed by atoms with Crippen LogP contribution in [-0.4, -0.2) is 31.8 Å². The zero-order chi connectivity index (χ0) is 10.1. The number of carbonyl (C=O) groups excluding carboxylic acids is 1. The van der Waals surface area contributed by atoms with Crippen LogP contribution in [0.25, 0.3) is 0 Å². The molecule has 2 N–H and O–H groups in total. The molecular weight excluding hydrogens is 170 g/mol. The van der Waals surface area contributed by atoms with Gasteiger partial charge in [0.15, 0.2) is 0 Å². The lowest BCUT2D eigenvalue weighted by atomic mass is 10.3. The minimum Gasteiger partial charge on any atom is -0.465 e. The van der Waals surface area contributed by atoms with E-state index in [9.17, 15) is 4.79 Å². The zero-order valence-corrected chi connectivity index (χ0v) is 8.36. The molecule has 0 aromatic heterocycles. The van der Waals surface area contributed by atoms with Crippen LogP contribution < -0.4 is 5.73 Å². The third kappa shape index (κ3) is 7.74. The number of hydrogen-bond donors (Lipinski definition) is 1. The van der Waals surface area contributed by atoms with Gasteiger partial charge in [-0.1, -0.05) is 6.92 Å². The fraction of sp³-hybridized carbons (Fsp3) is 0.889. The monoisotopic (exact) mass is 189 g/mol. The predicted molar refractivity (Wildman–Crippen MR) is 50.3 cm³/mol. The van der Waals surface area contributed by atoms with Crippen molar-refractivity contribution in [2.45, 2.75) is 38.8 Å². The Kier molecular flexibility index (Phi) is 7.63. The van der Waals surface area contributed by atoms with Crippen LogP contribution in [0.3, 0.4) is 0 Å². The number of hydrogen-bond acceptors (Lipinski definition) is 4. The first-order valence-electron chi connectivity index (χ1n) is 4.63. The fourth-order valence-corrected chi connectivity index (χ4v) is 0.744. The van der Waals surface area contributed by atoms with E-state index in [2.05, 4.69) is 4.74 Å². The molecule has 4 heteroatoms. The zero-order valence-electron chi connectivity index (χ0n) is 8.36. The van der Waals surface area contributed by atoms with Crippen LogP contribution in [0.1, 0.15) is 26.7 Å². The van der Waals surface area contributed by atoms with Crippen molar-refractivity contribution in [1.82, 2.24) is 0 Å². The molecule has 0 saturated carbocycles. The lowest BCUT2D eigenvalue weighted by Gasteiger charge is -2.02. The van der Waals surface area contributed by atoms with Crippen molar-refractivity contribution < 1.29 is 14.3 Å². The highest BCUT2D eigenvalue weighted by Gasteiger charge is 2.08. The van der Waals surface area contributed by atoms with Gasteiger partial charge >= 0.3 is 0 Å². The van der Waals surface area contributed by atoms with Gasteiger partial charge in [-0.2, -0.15) is 0 Å². The van der Waals surface area contributed by atoms with E-state index in [-0.39, 0.29) is 6.10 Å². The van der Waals surface area contributed by atoms with Crippen molar-refractivity contribution in [1.29, 1.82) is 0 Å². The lowest BCUT2D eigenvalue weighted by molar-refractivity contribution is -0.132. The summed E-state index contributed by atoms with van der Waals surface area (Å²) in [6.45, 7) is 5.93. The number of carbonyl (C=O) groups is 1. The topological polar surface area (TPSA) is 61.5 Å². The summed E-state index contributed by atoms with van der Waals surface area (Å²) in [4.78, 5) is 9.55. The minimum atomic E-state index is 0.0810. The Morgan fingerprint density at radius 1 is 1.77 bits per heavy atom. The summed E-state index contributed by atoms with van der Waals surface area (Å²) in [6, 6.07) is 0.324. The maximum Gasteiger partial charge on any atom is 0.293 e. The van der Waals surface area contributed by atoms with E-state index in [1.54, 1.807) is 0 Å². The van der Waals surface area contributed by atoms with E-state index in [0.717, 1.165) is 26.1 Å². The second kappa shape index (κ2) is 8.01. The van der Waals surface area contributed by atoms with Crippen LogP contribution in [0.5, 0.6) is 0 Å². The molecule has 0 amide bonds. The Hall–Kier alpha value is -0.610. The molecule has 1 aliphatic rings. The summed E-state index contributed by atoms with van der Waals surface area (Å²) in [5.41, 5.74) is 5.41. The van der Waals surface area contributed by atoms with Gasteiger partial charge in [-0.15, -0.1) is 0 Å². The van der Waals surface area contributed by atoms with Crippen molar-refractivity contribution in [3.8, 4) is 0 Å². The highest BCUT2D eigenvalue weighted by molar-refractivity contribution is 5.37. The van der Waals surface area contributed by atoms with Crippen molar-refractivity contribution >= 4 is 6.47 Å². The summed E-state index contributed by atoms with van der Waals surface area (Å²) in [5, 5.41) is 0. The smallest absolute Gasteiger partial charge is 0.293 e. The van der Waals surface area contributed by atoms with Gasteiger partial charge in [0.2, 0.25) is 0 Å². The average molecular weight is 189 g/mol. The molecule has 0 spiro atoms. The van der Waals surface area contributed by atoms with Crippen molar-refractivity contribution in [2.75, 3.05) is 13.2 Å². The summed E-state index contributed by atoms with van der Waals surface area (Å²) in [5.74, 6) is 0. The quantitative estimate of drug-likeness (QED) is 0.663. The normalized spacial score (nSPS) is 22.8. The van der Waals surface area contributed by atoms with Gasteiger partial charge in [0.1, 0.15) is 0 Å². The van der Waals surface area contributed by atoms with Crippen LogP contribution in [0.2, 0.25) is 0 Å². The second-order valence-electron chi connectivity index (χ2n) is 3.07. The van der Waals surface area contributed by atoms with Crippen LogP contribution in [0, 0.1) is 0 Å². The molecule has 1 unspecified atom stereocenters. The molecule has 0 aliphatic carbocycles. The van der Waals surface area contributed by atoms with Gasteiger partial charge in [0.25, 0.3) is 6.47 Å². The molecule has 78 valence electrons. The third-order valence-electron chi connectivity index (χ3n) is 1.83. The lowest BCUT2D eigenvalue weighted by Crippen LogP contribution is -2.18. The number of ether oxygens (including phenoxy) is 2. The molecule has 0 bridgehead atoms. The molecule has 1 saturated heterocycles. The Labute approximate surface area is 79.4 Å². The third-order valence-corrected chi connectivity index (χ3v) is 1.83. The summed E-state index contributed by atoms with van der Waals surface area (Å²) < 4.78 is 9.44. The highest BCUT2D eigenvalue weighted by Crippen LogP contribution is 1.98. The van der Waals surface area contributed by atoms with E-state index >= 15 is 0 Å². The summed E-state index contributed by atoms with van der Waals surface area (Å²) in [6.07, 6.45) is 2.01. The van der Waals surface area contributed by atoms with Crippen molar-refractivity contribution in [3.63, 3.8) is 0 Å². The largest absolute Gasteiger partial charge is 0.465 e. The van der Waals surface area contributed by atoms with Crippen LogP contribution in [-0.2, 0) is 14.3 Å². The first-order chi connectivity index (χ1) is 6.20. The molecule has 1 heterocycles. The molecule has 1 rings (SSSR count). The Bertz CT molecular complexity index is 124. The Morgan fingerprint density at radius 3 is 2.62 bits per heavy atom. The van der Waals surface area contributed by atoms with Crippen molar-refractivity contribution in [2.24, 2.45) is 5.73 Å². The minimum absolute atomic E-state index is 0.0810. The first kappa shape index (κ1) is 12.4. The second-order valence-corrected chi connectivity index (χ2v) is 3.07. The summed E-state index contributed by atoms with van der Waals surface area (Å²) in [7, 11) is 0. The van der Waals surface area contributed by atoms with E-state index in [1.165, 1.54) is 0 Å². The molecule has 4 nitrogen and oxygen atoms in total. The van der Waals surface area contributed by atoms with E-state index in [1.807, 2.05) is 13.8 Å². The van der Waals surface area contributed by atoms with E-state index in [0.29, 0.717) is 12.5 Å². The first-order valence-corrected chi connectivity index (χ1v) is 4.63. The number of nitrogens with two attached hydrogens (primary N) is 1. The molecule has 2 atom stereocenters. The maximum absolute atomic E-state index is 9.55. The maximum atomic E-state index is 9.55. The van der Waals surface area contributed by atoms with Crippen molar-refractivity contribution in [3.05, 3.63) is 0 Å². The van der Waals surface area contributed by atoms with Gasteiger partial charge in [0, 0.05) is 12.6 Å². The SMILES string of the molecule is CCC(C)OC=O.N[C@@H]1CCOC1. The van der Waals surface area contributed by atoms with Crippen LogP contribution in [0.15, 0.2) is 0 Å². The number of rotatable bonds is 3. The van der Waals surface area contributed by atoms with Gasteiger partial charge in [-0.25, -0.2) is 0 Å². The van der Waals surface area contributed by atoms with Crippen LogP contribution >= 0.6 is 0 Å². The van der Waals surface area contributed by atoms with E-state index in [4.69, 9.17) is 10.5 Å². The molecular formula is C9H19NO3. The standard InChI is InChI=1S/C5H10O2.C4H9NO/c1-3-5(2)7-4-6;5-4-1-2-6-3-4/h4-5H,3H2,1-2H3;4H,1-3,5H2/t;4-/m.1/s1.